The molecular formula is C13H12ClN3O3S. The molecule has 1 aromatic carbocycles. The molecule has 8 heteroatoms. The van der Waals surface area contributed by atoms with E-state index in [9.17, 15) is 9.59 Å². The highest BCUT2D eigenvalue weighted by atomic mass is 35.5. The zero-order chi connectivity index (χ0) is 15.4. The number of benzene rings is 1. The van der Waals surface area contributed by atoms with Crippen LogP contribution in [-0.2, 0) is 4.74 Å². The van der Waals surface area contributed by atoms with Crippen molar-refractivity contribution in [2.24, 2.45) is 0 Å². The molecule has 0 unspecified atom stereocenters. The summed E-state index contributed by atoms with van der Waals surface area (Å²) in [7, 11) is 0. The maximum atomic E-state index is 11.8. The third-order valence-corrected chi connectivity index (χ3v) is 3.33. The molecule has 0 fully saturated rings. The fourth-order valence-corrected chi connectivity index (χ4v) is 2.18. The molecule has 0 aliphatic carbocycles. The number of nitrogens with one attached hydrogen (secondary N) is 1. The molecule has 0 saturated heterocycles. The molecule has 0 radical (unpaired) electrons. The van der Waals surface area contributed by atoms with E-state index in [2.05, 4.69) is 15.5 Å². The molecule has 1 amide bonds. The minimum atomic E-state index is -0.406. The Kier molecular flexibility index (Phi) is 4.87. The van der Waals surface area contributed by atoms with Crippen molar-refractivity contribution in [1.82, 2.24) is 10.2 Å². The van der Waals surface area contributed by atoms with Gasteiger partial charge in [0.1, 0.15) is 0 Å². The van der Waals surface area contributed by atoms with E-state index in [1.165, 1.54) is 0 Å². The highest BCUT2D eigenvalue weighted by molar-refractivity contribution is 7.17. The van der Waals surface area contributed by atoms with Crippen molar-refractivity contribution in [3.8, 4) is 0 Å². The van der Waals surface area contributed by atoms with Crippen LogP contribution in [0.25, 0.3) is 0 Å². The van der Waals surface area contributed by atoms with Gasteiger partial charge < -0.3 is 10.1 Å². The molecular weight excluding hydrogens is 314 g/mol. The molecule has 0 bridgehead atoms. The van der Waals surface area contributed by atoms with Crippen LogP contribution < -0.4 is 5.32 Å². The number of rotatable bonds is 4. The first-order valence-electron chi connectivity index (χ1n) is 6.07. The molecule has 0 aliphatic heterocycles. The number of anilines is 1. The average Bonchev–Trinajstić information content (AvgIpc) is 2.85. The lowest BCUT2D eigenvalue weighted by molar-refractivity contribution is 0.0378. The van der Waals surface area contributed by atoms with Crippen molar-refractivity contribution in [1.29, 1.82) is 0 Å². The van der Waals surface area contributed by atoms with Crippen LogP contribution >= 0.6 is 22.9 Å². The molecule has 110 valence electrons. The fraction of sp³-hybridized carbons (Fsp3) is 0.231. The van der Waals surface area contributed by atoms with Gasteiger partial charge in [-0.3, -0.25) is 4.79 Å². The lowest BCUT2D eigenvalue weighted by Gasteiger charge is -2.08. The minimum Gasteiger partial charge on any atom is -0.459 e. The zero-order valence-corrected chi connectivity index (χ0v) is 12.9. The average molecular weight is 326 g/mol. The van der Waals surface area contributed by atoms with Crippen molar-refractivity contribution in [2.75, 3.05) is 5.32 Å². The number of nitrogens with zero attached hydrogens (tertiary/aromatic N) is 2. The Bertz CT molecular complexity index is 655. The van der Waals surface area contributed by atoms with Crippen molar-refractivity contribution in [3.05, 3.63) is 39.3 Å². The minimum absolute atomic E-state index is 0.170. The third-order valence-electron chi connectivity index (χ3n) is 2.32. The maximum Gasteiger partial charge on any atom is 0.338 e. The van der Waals surface area contributed by atoms with Gasteiger partial charge in [-0.15, -0.1) is 10.2 Å². The predicted molar refractivity (Wildman–Crippen MR) is 79.9 cm³/mol. The van der Waals surface area contributed by atoms with Crippen LogP contribution in [0, 0.1) is 0 Å². The Morgan fingerprint density at radius 2 is 1.90 bits per heavy atom. The molecule has 1 N–H and O–H groups in total. The Balaban J connectivity index is 2.02. The molecule has 2 aromatic rings. The van der Waals surface area contributed by atoms with Crippen molar-refractivity contribution < 1.29 is 14.3 Å². The molecule has 21 heavy (non-hydrogen) atoms. The Hall–Kier alpha value is -1.99. The number of esters is 1. The van der Waals surface area contributed by atoms with Gasteiger partial charge in [0, 0.05) is 5.69 Å². The fourth-order valence-electron chi connectivity index (χ4n) is 1.45. The van der Waals surface area contributed by atoms with E-state index in [4.69, 9.17) is 16.3 Å². The van der Waals surface area contributed by atoms with Gasteiger partial charge in [0.05, 0.1) is 11.7 Å². The summed E-state index contributed by atoms with van der Waals surface area (Å²) in [4.78, 5) is 23.5. The van der Waals surface area contributed by atoms with Crippen molar-refractivity contribution in [3.63, 3.8) is 0 Å². The van der Waals surface area contributed by atoms with E-state index in [1.807, 2.05) is 0 Å². The molecule has 2 rings (SSSR count). The highest BCUT2D eigenvalue weighted by Gasteiger charge is 2.13. The Morgan fingerprint density at radius 3 is 2.43 bits per heavy atom. The number of ether oxygens (including phenoxy) is 1. The predicted octanol–water partition coefficient (Wildman–Crippen LogP) is 3.01. The summed E-state index contributed by atoms with van der Waals surface area (Å²) in [6.45, 7) is 3.55. The number of aromatic nitrogens is 2. The molecule has 6 nitrogen and oxygen atoms in total. The molecule has 1 aromatic heterocycles. The Labute approximate surface area is 130 Å². The summed E-state index contributed by atoms with van der Waals surface area (Å²) in [6.07, 6.45) is -0.181. The van der Waals surface area contributed by atoms with E-state index in [0.29, 0.717) is 11.3 Å². The van der Waals surface area contributed by atoms with Crippen LogP contribution in [0.5, 0.6) is 0 Å². The smallest absolute Gasteiger partial charge is 0.338 e. The summed E-state index contributed by atoms with van der Waals surface area (Å²) in [5.41, 5.74) is 0.952. The zero-order valence-electron chi connectivity index (χ0n) is 11.3. The van der Waals surface area contributed by atoms with Gasteiger partial charge >= 0.3 is 5.97 Å². The lowest BCUT2D eigenvalue weighted by Crippen LogP contribution is -2.13. The summed E-state index contributed by atoms with van der Waals surface area (Å²) < 4.78 is 5.27. The highest BCUT2D eigenvalue weighted by Crippen LogP contribution is 2.17. The molecule has 0 spiro atoms. The summed E-state index contributed by atoms with van der Waals surface area (Å²) in [5.74, 6) is -0.810. The van der Waals surface area contributed by atoms with E-state index in [-0.39, 0.29) is 15.6 Å². The summed E-state index contributed by atoms with van der Waals surface area (Å²) in [5, 5.41) is 10.0. The summed E-state index contributed by atoms with van der Waals surface area (Å²) in [6, 6.07) is 6.37. The van der Waals surface area contributed by atoms with E-state index in [1.54, 1.807) is 38.1 Å². The van der Waals surface area contributed by atoms with Gasteiger partial charge in [-0.1, -0.05) is 11.3 Å². The molecule has 1 heterocycles. The first kappa shape index (κ1) is 15.4. The quantitative estimate of drug-likeness (QED) is 0.874. The number of hydrogen-bond donors (Lipinski definition) is 1. The van der Waals surface area contributed by atoms with E-state index in [0.717, 1.165) is 11.3 Å². The standard InChI is InChI=1S/C13H12ClN3O3S/c1-7(2)20-12(19)8-3-5-9(6-4-8)15-10(18)11-16-17-13(14)21-11/h3-7H,1-2H3,(H,15,18). The third kappa shape index (κ3) is 4.24. The number of carbonyl (C=O) groups is 2. The van der Waals surface area contributed by atoms with E-state index < -0.39 is 11.9 Å². The number of amides is 1. The maximum absolute atomic E-state index is 11.8. The normalized spacial score (nSPS) is 10.5. The van der Waals surface area contributed by atoms with Crippen LogP contribution in [0.15, 0.2) is 24.3 Å². The van der Waals surface area contributed by atoms with Gasteiger partial charge in [0.25, 0.3) is 5.91 Å². The topological polar surface area (TPSA) is 81.2 Å². The molecule has 0 atom stereocenters. The van der Waals surface area contributed by atoms with Gasteiger partial charge in [0.15, 0.2) is 0 Å². The van der Waals surface area contributed by atoms with Gasteiger partial charge in [-0.05, 0) is 49.7 Å². The van der Waals surface area contributed by atoms with Crippen LogP contribution in [0.2, 0.25) is 4.47 Å². The second kappa shape index (κ2) is 6.64. The first-order valence-corrected chi connectivity index (χ1v) is 7.26. The van der Waals surface area contributed by atoms with Crippen LogP contribution in [0.1, 0.15) is 34.0 Å². The second-order valence-electron chi connectivity index (χ2n) is 4.35. The van der Waals surface area contributed by atoms with Crippen molar-refractivity contribution in [2.45, 2.75) is 20.0 Å². The first-order chi connectivity index (χ1) is 9.95. The largest absolute Gasteiger partial charge is 0.459 e. The SMILES string of the molecule is CC(C)OC(=O)c1ccc(NC(=O)c2nnc(Cl)s2)cc1. The van der Waals surface area contributed by atoms with Crippen LogP contribution in [0.4, 0.5) is 5.69 Å². The van der Waals surface area contributed by atoms with Gasteiger partial charge in [0.2, 0.25) is 9.47 Å². The number of hydrogen-bond acceptors (Lipinski definition) is 6. The van der Waals surface area contributed by atoms with Gasteiger partial charge in [-0.2, -0.15) is 0 Å². The van der Waals surface area contributed by atoms with Crippen LogP contribution in [-0.4, -0.2) is 28.2 Å². The molecule has 0 saturated carbocycles. The lowest BCUT2D eigenvalue weighted by atomic mass is 10.2. The monoisotopic (exact) mass is 325 g/mol. The molecule has 0 aliphatic rings. The van der Waals surface area contributed by atoms with Crippen molar-refractivity contribution >= 4 is 40.5 Å². The van der Waals surface area contributed by atoms with E-state index >= 15 is 0 Å². The van der Waals surface area contributed by atoms with Crippen LogP contribution in [0.3, 0.4) is 0 Å². The Morgan fingerprint density at radius 1 is 1.24 bits per heavy atom. The number of carbonyl (C=O) groups excluding carboxylic acids is 2. The number of halogens is 1. The van der Waals surface area contributed by atoms with Gasteiger partial charge in [-0.25, -0.2) is 4.79 Å². The summed E-state index contributed by atoms with van der Waals surface area (Å²) >= 11 is 6.61. The second-order valence-corrected chi connectivity index (χ2v) is 5.91.